The molecule has 2 aromatic rings. The Morgan fingerprint density at radius 2 is 1.85 bits per heavy atom. The van der Waals surface area contributed by atoms with E-state index in [1.807, 2.05) is 0 Å². The number of rotatable bonds is 4. The topological polar surface area (TPSA) is 63.8 Å². The summed E-state index contributed by atoms with van der Waals surface area (Å²) in [7, 11) is 0. The minimum atomic E-state index is 0.687. The molecule has 0 atom stereocenters. The van der Waals surface area contributed by atoms with Gasteiger partial charge in [0.15, 0.2) is 0 Å². The van der Waals surface area contributed by atoms with Gasteiger partial charge in [0.2, 0.25) is 0 Å². The van der Waals surface area contributed by atoms with Crippen LogP contribution in [0, 0.1) is 0 Å². The van der Waals surface area contributed by atoms with Gasteiger partial charge in [0, 0.05) is 16.9 Å². The number of benzene rings is 1. The predicted octanol–water partition coefficient (Wildman–Crippen LogP) is 2.60. The molecule has 3 rings (SSSR count). The van der Waals surface area contributed by atoms with Crippen LogP contribution in [0.25, 0.3) is 0 Å². The lowest BCUT2D eigenvalue weighted by atomic mass is 9.96. The van der Waals surface area contributed by atoms with Crippen molar-refractivity contribution in [3.63, 3.8) is 0 Å². The van der Waals surface area contributed by atoms with E-state index >= 15 is 0 Å². The maximum Gasteiger partial charge on any atom is 0.137 e. The first-order chi connectivity index (χ1) is 9.86. The largest absolute Gasteiger partial charge is 0.340 e. The van der Waals surface area contributed by atoms with Crippen molar-refractivity contribution in [1.82, 2.24) is 9.97 Å². The summed E-state index contributed by atoms with van der Waals surface area (Å²) in [4.78, 5) is 8.80. The van der Waals surface area contributed by atoms with Crippen molar-refractivity contribution >= 4 is 11.5 Å². The minimum absolute atomic E-state index is 0.687. The SMILES string of the molecule is NCCc1ccc(Nc2ncnc3c2CCCC3)cc1. The van der Waals surface area contributed by atoms with Crippen LogP contribution in [0.15, 0.2) is 30.6 Å². The lowest BCUT2D eigenvalue weighted by Crippen LogP contribution is -2.10. The van der Waals surface area contributed by atoms with Crippen molar-refractivity contribution in [2.24, 2.45) is 5.73 Å². The summed E-state index contributed by atoms with van der Waals surface area (Å²) in [5.74, 6) is 0.960. The van der Waals surface area contributed by atoms with Gasteiger partial charge in [0.05, 0.1) is 0 Å². The van der Waals surface area contributed by atoms with Crippen LogP contribution in [-0.2, 0) is 19.3 Å². The fraction of sp³-hybridized carbons (Fsp3) is 0.375. The highest BCUT2D eigenvalue weighted by Crippen LogP contribution is 2.26. The molecule has 3 N–H and O–H groups in total. The molecule has 20 heavy (non-hydrogen) atoms. The zero-order valence-corrected chi connectivity index (χ0v) is 11.6. The van der Waals surface area contributed by atoms with Gasteiger partial charge in [-0.25, -0.2) is 9.97 Å². The highest BCUT2D eigenvalue weighted by molar-refractivity contribution is 5.60. The average Bonchev–Trinajstić information content (AvgIpc) is 2.50. The molecule has 0 fully saturated rings. The quantitative estimate of drug-likeness (QED) is 0.894. The second kappa shape index (κ2) is 6.01. The van der Waals surface area contributed by atoms with Crippen LogP contribution in [0.5, 0.6) is 0 Å². The molecule has 0 spiro atoms. The molecule has 1 aliphatic rings. The third-order valence-electron chi connectivity index (χ3n) is 3.77. The monoisotopic (exact) mass is 268 g/mol. The molecular weight excluding hydrogens is 248 g/mol. The highest BCUT2D eigenvalue weighted by atomic mass is 15.0. The van der Waals surface area contributed by atoms with E-state index in [1.165, 1.54) is 29.7 Å². The molecule has 1 aromatic heterocycles. The molecule has 0 radical (unpaired) electrons. The van der Waals surface area contributed by atoms with Gasteiger partial charge < -0.3 is 11.1 Å². The van der Waals surface area contributed by atoms with Crippen molar-refractivity contribution in [1.29, 1.82) is 0 Å². The molecule has 0 saturated heterocycles. The summed E-state index contributed by atoms with van der Waals surface area (Å²) in [5, 5.41) is 3.42. The van der Waals surface area contributed by atoms with Gasteiger partial charge in [0.1, 0.15) is 12.1 Å². The van der Waals surface area contributed by atoms with Crippen LogP contribution >= 0.6 is 0 Å². The Kier molecular flexibility index (Phi) is 3.92. The van der Waals surface area contributed by atoms with Crippen molar-refractivity contribution in [2.45, 2.75) is 32.1 Å². The van der Waals surface area contributed by atoms with Crippen LogP contribution in [0.2, 0.25) is 0 Å². The van der Waals surface area contributed by atoms with E-state index in [1.54, 1.807) is 6.33 Å². The van der Waals surface area contributed by atoms with Crippen molar-refractivity contribution in [2.75, 3.05) is 11.9 Å². The molecule has 4 heteroatoms. The molecule has 0 saturated carbocycles. The van der Waals surface area contributed by atoms with Gasteiger partial charge in [-0.2, -0.15) is 0 Å². The van der Waals surface area contributed by atoms with E-state index in [0.717, 1.165) is 30.8 Å². The summed E-state index contributed by atoms with van der Waals surface area (Å²) in [6.07, 6.45) is 7.19. The number of fused-ring (bicyclic) bond motifs is 1. The Balaban J connectivity index is 1.80. The minimum Gasteiger partial charge on any atom is -0.340 e. The Hall–Kier alpha value is -1.94. The third kappa shape index (κ3) is 2.80. The number of nitrogens with one attached hydrogen (secondary N) is 1. The molecule has 0 unspecified atom stereocenters. The maximum absolute atomic E-state index is 5.57. The van der Waals surface area contributed by atoms with Crippen LogP contribution in [0.1, 0.15) is 29.7 Å². The first-order valence-corrected chi connectivity index (χ1v) is 7.25. The number of nitrogens with zero attached hydrogens (tertiary/aromatic N) is 2. The summed E-state index contributed by atoms with van der Waals surface area (Å²) in [5.41, 5.74) is 10.4. The van der Waals surface area contributed by atoms with Gasteiger partial charge in [-0.1, -0.05) is 12.1 Å². The summed E-state index contributed by atoms with van der Waals surface area (Å²) in [6, 6.07) is 8.40. The van der Waals surface area contributed by atoms with Gasteiger partial charge in [0.25, 0.3) is 0 Å². The van der Waals surface area contributed by atoms with Crippen molar-refractivity contribution in [3.8, 4) is 0 Å². The molecular formula is C16H20N4. The fourth-order valence-corrected chi connectivity index (χ4v) is 2.69. The molecule has 1 heterocycles. The van der Waals surface area contributed by atoms with Gasteiger partial charge in [-0.3, -0.25) is 0 Å². The molecule has 4 nitrogen and oxygen atoms in total. The summed E-state index contributed by atoms with van der Waals surface area (Å²) < 4.78 is 0. The summed E-state index contributed by atoms with van der Waals surface area (Å²) in [6.45, 7) is 0.687. The zero-order valence-electron chi connectivity index (χ0n) is 11.6. The lowest BCUT2D eigenvalue weighted by molar-refractivity contribution is 0.664. The Morgan fingerprint density at radius 3 is 2.65 bits per heavy atom. The van der Waals surface area contributed by atoms with Gasteiger partial charge in [-0.05, 0) is 56.3 Å². The van der Waals surface area contributed by atoms with E-state index in [0.29, 0.717) is 6.54 Å². The average molecular weight is 268 g/mol. The molecule has 0 amide bonds. The number of aromatic nitrogens is 2. The van der Waals surface area contributed by atoms with Crippen LogP contribution in [-0.4, -0.2) is 16.5 Å². The van der Waals surface area contributed by atoms with E-state index in [4.69, 9.17) is 5.73 Å². The molecule has 0 aliphatic heterocycles. The predicted molar refractivity (Wildman–Crippen MR) is 81.2 cm³/mol. The van der Waals surface area contributed by atoms with Crippen molar-refractivity contribution in [3.05, 3.63) is 47.4 Å². The van der Waals surface area contributed by atoms with Crippen LogP contribution in [0.3, 0.4) is 0 Å². The number of nitrogens with two attached hydrogens (primary N) is 1. The smallest absolute Gasteiger partial charge is 0.137 e. The van der Waals surface area contributed by atoms with Crippen LogP contribution < -0.4 is 11.1 Å². The Morgan fingerprint density at radius 1 is 1.05 bits per heavy atom. The van der Waals surface area contributed by atoms with Crippen molar-refractivity contribution < 1.29 is 0 Å². The zero-order chi connectivity index (χ0) is 13.8. The highest BCUT2D eigenvalue weighted by Gasteiger charge is 2.15. The fourth-order valence-electron chi connectivity index (χ4n) is 2.69. The third-order valence-corrected chi connectivity index (χ3v) is 3.77. The normalized spacial score (nSPS) is 13.8. The van der Waals surface area contributed by atoms with E-state index in [9.17, 15) is 0 Å². The number of hydrogen-bond donors (Lipinski definition) is 2. The second-order valence-corrected chi connectivity index (χ2v) is 5.22. The van der Waals surface area contributed by atoms with E-state index in [-0.39, 0.29) is 0 Å². The Labute approximate surface area is 119 Å². The molecule has 0 bridgehead atoms. The lowest BCUT2D eigenvalue weighted by Gasteiger charge is -2.18. The van der Waals surface area contributed by atoms with E-state index < -0.39 is 0 Å². The molecule has 104 valence electrons. The van der Waals surface area contributed by atoms with Gasteiger partial charge in [-0.15, -0.1) is 0 Å². The second-order valence-electron chi connectivity index (χ2n) is 5.22. The first-order valence-electron chi connectivity index (χ1n) is 7.25. The first kappa shape index (κ1) is 13.1. The number of aryl methyl sites for hydroxylation is 1. The van der Waals surface area contributed by atoms with Gasteiger partial charge >= 0.3 is 0 Å². The number of hydrogen-bond acceptors (Lipinski definition) is 4. The maximum atomic E-state index is 5.57. The summed E-state index contributed by atoms with van der Waals surface area (Å²) >= 11 is 0. The number of anilines is 2. The molecule has 1 aromatic carbocycles. The Bertz CT molecular complexity index is 578. The standard InChI is InChI=1S/C16H20N4/c17-10-9-12-5-7-13(8-6-12)20-16-14-3-1-2-4-15(14)18-11-19-16/h5-8,11H,1-4,9-10,17H2,(H,18,19,20). The molecule has 1 aliphatic carbocycles. The van der Waals surface area contributed by atoms with Crippen LogP contribution in [0.4, 0.5) is 11.5 Å². The van der Waals surface area contributed by atoms with E-state index in [2.05, 4.69) is 39.6 Å².